The summed E-state index contributed by atoms with van der Waals surface area (Å²) in [5, 5.41) is 3.26. The van der Waals surface area contributed by atoms with Crippen molar-refractivity contribution in [2.24, 2.45) is 35.5 Å². The van der Waals surface area contributed by atoms with Crippen LogP contribution in [0.2, 0.25) is 0 Å². The molecule has 4 heteroatoms. The van der Waals surface area contributed by atoms with Gasteiger partial charge >= 0.3 is 0 Å². The zero-order valence-corrected chi connectivity index (χ0v) is 14.0. The number of nitrogens with zero attached hydrogens (tertiary/aromatic N) is 1. The molecule has 1 N–H and O–H groups in total. The van der Waals surface area contributed by atoms with E-state index in [1.807, 2.05) is 6.07 Å². The van der Waals surface area contributed by atoms with Gasteiger partial charge in [-0.05, 0) is 67.2 Å². The van der Waals surface area contributed by atoms with E-state index in [1.165, 1.54) is 22.4 Å². The second-order valence-electron chi connectivity index (χ2n) is 7.89. The van der Waals surface area contributed by atoms with Crippen LogP contribution in [-0.4, -0.2) is 23.4 Å². The van der Waals surface area contributed by atoms with Gasteiger partial charge in [-0.2, -0.15) is 0 Å². The minimum atomic E-state index is -0.0993. The zero-order chi connectivity index (χ0) is 16.6. The summed E-state index contributed by atoms with van der Waals surface area (Å²) >= 11 is 0. The maximum atomic E-state index is 12.9. The Morgan fingerprint density at radius 2 is 1.62 bits per heavy atom. The normalized spacial score (nSPS) is 38.3. The molecule has 5 aliphatic rings. The van der Waals surface area contributed by atoms with Gasteiger partial charge in [0, 0.05) is 5.69 Å². The fourth-order valence-electron chi connectivity index (χ4n) is 5.20. The highest BCUT2D eigenvalue weighted by atomic mass is 16.2. The molecule has 4 aliphatic carbocycles. The lowest BCUT2D eigenvalue weighted by Crippen LogP contribution is -2.40. The standard InChI is InChI=1S/C20H22N2O2/c1-10-3-4-12(7-11(10)2)21-9-22-19(23)17-13-5-6-14(16-8-15(13)16)18(17)20(22)24/h3-7,13-18,21H,8-9H2,1-2H3/t13-,14-,15-,16-,17+,18+/m0/s1. The first-order chi connectivity index (χ1) is 11.6. The summed E-state index contributed by atoms with van der Waals surface area (Å²) < 4.78 is 0. The molecule has 2 bridgehead atoms. The lowest BCUT2D eigenvalue weighted by atomic mass is 9.63. The number of benzene rings is 1. The molecule has 0 radical (unpaired) electrons. The largest absolute Gasteiger partial charge is 0.367 e. The average molecular weight is 322 g/mol. The van der Waals surface area contributed by atoms with Crippen molar-refractivity contribution in [2.45, 2.75) is 20.3 Å². The maximum absolute atomic E-state index is 12.9. The molecule has 6 rings (SSSR count). The highest BCUT2D eigenvalue weighted by Crippen LogP contribution is 2.65. The number of rotatable bonds is 3. The quantitative estimate of drug-likeness (QED) is 0.688. The molecule has 1 heterocycles. The second kappa shape index (κ2) is 4.71. The molecule has 0 spiro atoms. The molecule has 1 aromatic carbocycles. The van der Waals surface area contributed by atoms with E-state index in [1.54, 1.807) is 0 Å². The van der Waals surface area contributed by atoms with Crippen LogP contribution in [0.5, 0.6) is 0 Å². The van der Waals surface area contributed by atoms with E-state index in [0.717, 1.165) is 5.69 Å². The number of carbonyl (C=O) groups excluding carboxylic acids is 2. The van der Waals surface area contributed by atoms with Crippen LogP contribution >= 0.6 is 0 Å². The van der Waals surface area contributed by atoms with Gasteiger partial charge in [0.15, 0.2) is 0 Å². The van der Waals surface area contributed by atoms with Crippen LogP contribution < -0.4 is 5.32 Å². The summed E-state index contributed by atoms with van der Waals surface area (Å²) in [7, 11) is 0. The number of hydrogen-bond donors (Lipinski definition) is 1. The van der Waals surface area contributed by atoms with Crippen LogP contribution in [0.4, 0.5) is 5.69 Å². The van der Waals surface area contributed by atoms with E-state index >= 15 is 0 Å². The van der Waals surface area contributed by atoms with Gasteiger partial charge in [-0.25, -0.2) is 0 Å². The Morgan fingerprint density at radius 1 is 1.00 bits per heavy atom. The third-order valence-corrected chi connectivity index (χ3v) is 6.70. The van der Waals surface area contributed by atoms with Crippen LogP contribution in [0.15, 0.2) is 30.4 Å². The van der Waals surface area contributed by atoms with Gasteiger partial charge in [-0.15, -0.1) is 0 Å². The van der Waals surface area contributed by atoms with Gasteiger partial charge in [0.25, 0.3) is 0 Å². The van der Waals surface area contributed by atoms with Gasteiger partial charge in [0.2, 0.25) is 11.8 Å². The first-order valence-corrected chi connectivity index (χ1v) is 8.91. The van der Waals surface area contributed by atoms with Crippen molar-refractivity contribution in [2.75, 3.05) is 12.0 Å². The first-order valence-electron chi connectivity index (χ1n) is 8.91. The van der Waals surface area contributed by atoms with Gasteiger partial charge in [0.05, 0.1) is 18.5 Å². The summed E-state index contributed by atoms with van der Waals surface area (Å²) in [6.45, 7) is 4.42. The Kier molecular flexibility index (Phi) is 2.80. The number of hydrogen-bond acceptors (Lipinski definition) is 3. The van der Waals surface area contributed by atoms with Crippen LogP contribution in [0.1, 0.15) is 17.5 Å². The Labute approximate surface area is 141 Å². The molecule has 2 saturated carbocycles. The minimum absolute atomic E-state index is 0.0334. The topological polar surface area (TPSA) is 49.4 Å². The molecule has 0 aromatic heterocycles. The van der Waals surface area contributed by atoms with E-state index in [-0.39, 0.29) is 30.3 Å². The molecule has 1 aliphatic heterocycles. The number of nitrogens with one attached hydrogen (secondary N) is 1. The minimum Gasteiger partial charge on any atom is -0.367 e. The predicted octanol–water partition coefficient (Wildman–Crippen LogP) is 2.73. The number of allylic oxidation sites excluding steroid dienone is 2. The van der Waals surface area contributed by atoms with E-state index in [0.29, 0.717) is 23.7 Å². The second-order valence-corrected chi connectivity index (χ2v) is 7.89. The van der Waals surface area contributed by atoms with Gasteiger partial charge in [0.1, 0.15) is 0 Å². The van der Waals surface area contributed by atoms with Crippen molar-refractivity contribution in [1.29, 1.82) is 0 Å². The number of amides is 2. The Balaban J connectivity index is 1.36. The fourth-order valence-corrected chi connectivity index (χ4v) is 5.20. The van der Waals surface area contributed by atoms with Crippen LogP contribution in [0.3, 0.4) is 0 Å². The third-order valence-electron chi connectivity index (χ3n) is 6.70. The van der Waals surface area contributed by atoms with Crippen molar-refractivity contribution >= 4 is 17.5 Å². The fraction of sp³-hybridized carbons (Fsp3) is 0.500. The first kappa shape index (κ1) is 14.3. The van der Waals surface area contributed by atoms with Gasteiger partial charge < -0.3 is 5.32 Å². The molecule has 124 valence electrons. The van der Waals surface area contributed by atoms with Gasteiger partial charge in [-0.3, -0.25) is 14.5 Å². The molecule has 4 nitrogen and oxygen atoms in total. The third kappa shape index (κ3) is 1.80. The summed E-state index contributed by atoms with van der Waals surface area (Å²) in [5.74, 6) is 1.78. The number of aryl methyl sites for hydroxylation is 2. The maximum Gasteiger partial charge on any atom is 0.235 e. The average Bonchev–Trinajstić information content (AvgIpc) is 3.35. The van der Waals surface area contributed by atoms with E-state index in [4.69, 9.17) is 0 Å². The molecule has 2 amide bonds. The molecule has 6 atom stereocenters. The molecule has 1 saturated heterocycles. The zero-order valence-electron chi connectivity index (χ0n) is 14.0. The monoisotopic (exact) mass is 322 g/mol. The van der Waals surface area contributed by atoms with Crippen LogP contribution in [0, 0.1) is 49.4 Å². The molecule has 3 fully saturated rings. The highest BCUT2D eigenvalue weighted by Gasteiger charge is 2.66. The lowest BCUT2D eigenvalue weighted by molar-refractivity contribution is -0.139. The van der Waals surface area contributed by atoms with Crippen molar-refractivity contribution < 1.29 is 9.59 Å². The Morgan fingerprint density at radius 3 is 2.21 bits per heavy atom. The molecular formula is C20H22N2O2. The van der Waals surface area contributed by atoms with E-state index in [2.05, 4.69) is 43.4 Å². The summed E-state index contributed by atoms with van der Waals surface area (Å²) in [5.41, 5.74) is 3.40. The summed E-state index contributed by atoms with van der Waals surface area (Å²) in [6, 6.07) is 6.12. The number of carbonyl (C=O) groups is 2. The van der Waals surface area contributed by atoms with Crippen molar-refractivity contribution in [1.82, 2.24) is 4.90 Å². The Bertz CT molecular complexity index is 748. The van der Waals surface area contributed by atoms with Gasteiger partial charge in [-0.1, -0.05) is 18.2 Å². The highest BCUT2D eigenvalue weighted by molar-refractivity contribution is 6.06. The molecular weight excluding hydrogens is 300 g/mol. The van der Waals surface area contributed by atoms with Crippen LogP contribution in [0.25, 0.3) is 0 Å². The van der Waals surface area contributed by atoms with Crippen molar-refractivity contribution in [3.63, 3.8) is 0 Å². The number of imide groups is 1. The predicted molar refractivity (Wildman–Crippen MR) is 91.0 cm³/mol. The Hall–Kier alpha value is -2.10. The van der Waals surface area contributed by atoms with Crippen molar-refractivity contribution in [3.8, 4) is 0 Å². The lowest BCUT2D eigenvalue weighted by Gasteiger charge is -2.37. The SMILES string of the molecule is Cc1ccc(NCN2C(=O)[C@@H]3[C@H]4C=C[C@@H]([C@@H]5C[C@@H]45)[C@H]3C2=O)cc1C. The molecule has 24 heavy (non-hydrogen) atoms. The van der Waals surface area contributed by atoms with Crippen LogP contribution in [-0.2, 0) is 9.59 Å². The number of anilines is 1. The summed E-state index contributed by atoms with van der Waals surface area (Å²) in [6.07, 6.45) is 5.63. The van der Waals surface area contributed by atoms with E-state index in [9.17, 15) is 9.59 Å². The molecule has 0 unspecified atom stereocenters. The van der Waals surface area contributed by atoms with E-state index < -0.39 is 0 Å². The number of likely N-dealkylation sites (tertiary alicyclic amines) is 1. The smallest absolute Gasteiger partial charge is 0.235 e. The summed E-state index contributed by atoms with van der Waals surface area (Å²) in [4.78, 5) is 27.2. The molecule has 1 aromatic rings. The van der Waals surface area contributed by atoms with Crippen molar-refractivity contribution in [3.05, 3.63) is 41.5 Å².